The predicted molar refractivity (Wildman–Crippen MR) is 88.7 cm³/mol. The van der Waals surface area contributed by atoms with Gasteiger partial charge in [-0.2, -0.15) is 0 Å². The molecule has 1 N–H and O–H groups in total. The summed E-state index contributed by atoms with van der Waals surface area (Å²) in [5.74, 6) is 0.667. The summed E-state index contributed by atoms with van der Waals surface area (Å²) in [6.07, 6.45) is 1.60. The average Bonchev–Trinajstić information content (AvgIpc) is 2.52. The number of aliphatic imine (C=N–C) groups is 1. The lowest BCUT2D eigenvalue weighted by molar-refractivity contribution is 0.366. The number of benzene rings is 2. The maximum Gasteiger partial charge on any atom is 0.165 e. The number of nitrogens with zero attached hydrogens (tertiary/aromatic N) is 1. The molecule has 0 saturated heterocycles. The Kier molecular flexibility index (Phi) is 5.34. The van der Waals surface area contributed by atoms with Gasteiger partial charge in [-0.25, -0.2) is 4.39 Å². The third kappa shape index (κ3) is 3.55. The summed E-state index contributed by atoms with van der Waals surface area (Å²) in [4.78, 5) is 3.94. The number of hydrogen-bond donors (Lipinski definition) is 1. The molecule has 6 heteroatoms. The summed E-state index contributed by atoms with van der Waals surface area (Å²) in [6, 6.07) is 7.86. The highest BCUT2D eigenvalue weighted by atomic mass is 31.1. The fourth-order valence-electron chi connectivity index (χ4n) is 1.99. The molecule has 0 bridgehead atoms. The minimum atomic E-state index is -0.323. The normalized spacial score (nSPS) is 11.5. The van der Waals surface area contributed by atoms with Crippen LogP contribution >= 0.6 is 8.58 Å². The van der Waals surface area contributed by atoms with Gasteiger partial charge in [0.2, 0.25) is 0 Å². The number of aromatic hydroxyl groups is 1. The van der Waals surface area contributed by atoms with Crippen LogP contribution in [-0.4, -0.2) is 32.6 Å². The van der Waals surface area contributed by atoms with Gasteiger partial charge in [0.15, 0.2) is 11.5 Å². The molecule has 0 aliphatic carbocycles. The Hall–Kier alpha value is -2.13. The van der Waals surface area contributed by atoms with Crippen LogP contribution in [0.4, 0.5) is 4.39 Å². The van der Waals surface area contributed by atoms with Gasteiger partial charge in [0.1, 0.15) is 11.6 Å². The van der Waals surface area contributed by atoms with Crippen molar-refractivity contribution in [3.05, 3.63) is 41.7 Å². The molecule has 0 saturated carbocycles. The molecule has 1 atom stereocenters. The van der Waals surface area contributed by atoms with Crippen molar-refractivity contribution in [2.45, 2.75) is 0 Å². The number of phenols is 1. The van der Waals surface area contributed by atoms with Crippen molar-refractivity contribution < 1.29 is 19.0 Å². The van der Waals surface area contributed by atoms with E-state index in [4.69, 9.17) is 9.47 Å². The topological polar surface area (TPSA) is 51.0 Å². The largest absolute Gasteiger partial charge is 0.504 e. The highest BCUT2D eigenvalue weighted by Gasteiger charge is 2.13. The molecule has 22 heavy (non-hydrogen) atoms. The van der Waals surface area contributed by atoms with Crippen molar-refractivity contribution in [1.29, 1.82) is 0 Å². The van der Waals surface area contributed by atoms with Gasteiger partial charge in [0, 0.05) is 30.2 Å². The van der Waals surface area contributed by atoms with E-state index >= 15 is 0 Å². The van der Waals surface area contributed by atoms with Gasteiger partial charge in [-0.15, -0.1) is 0 Å². The third-order valence-electron chi connectivity index (χ3n) is 3.06. The van der Waals surface area contributed by atoms with E-state index in [0.717, 1.165) is 5.30 Å². The third-order valence-corrected chi connectivity index (χ3v) is 4.43. The highest BCUT2D eigenvalue weighted by Crippen LogP contribution is 2.33. The lowest BCUT2D eigenvalue weighted by Crippen LogP contribution is -2.11. The number of ether oxygens (including phenoxy) is 2. The van der Waals surface area contributed by atoms with Crippen molar-refractivity contribution in [3.63, 3.8) is 0 Å². The summed E-state index contributed by atoms with van der Waals surface area (Å²) in [6.45, 7) is 0. The van der Waals surface area contributed by atoms with Crippen molar-refractivity contribution in [2.75, 3.05) is 21.3 Å². The van der Waals surface area contributed by atoms with Crippen molar-refractivity contribution >= 4 is 25.4 Å². The zero-order valence-corrected chi connectivity index (χ0v) is 13.6. The molecule has 0 radical (unpaired) electrons. The van der Waals surface area contributed by atoms with Crippen LogP contribution in [0.25, 0.3) is 0 Å². The second-order valence-corrected chi connectivity index (χ2v) is 5.80. The maximum absolute atomic E-state index is 13.4. The van der Waals surface area contributed by atoms with E-state index in [1.54, 1.807) is 38.6 Å². The van der Waals surface area contributed by atoms with Crippen LogP contribution in [0.2, 0.25) is 0 Å². The fraction of sp³-hybridized carbons (Fsp3) is 0.188. The van der Waals surface area contributed by atoms with Gasteiger partial charge in [-0.1, -0.05) is 14.6 Å². The quantitative estimate of drug-likeness (QED) is 0.679. The molecule has 2 rings (SSSR count). The van der Waals surface area contributed by atoms with Gasteiger partial charge in [0.25, 0.3) is 0 Å². The summed E-state index contributed by atoms with van der Waals surface area (Å²) in [5, 5.41) is 11.8. The van der Waals surface area contributed by atoms with Crippen LogP contribution in [0, 0.1) is 5.82 Å². The van der Waals surface area contributed by atoms with E-state index in [2.05, 4.69) is 4.99 Å². The minimum absolute atomic E-state index is 0.0605. The molecule has 1 unspecified atom stereocenters. The fourth-order valence-corrected chi connectivity index (χ4v) is 3.18. The molecule has 116 valence electrons. The molecule has 2 aromatic carbocycles. The second-order valence-electron chi connectivity index (χ2n) is 4.47. The molecule has 0 fully saturated rings. The summed E-state index contributed by atoms with van der Waals surface area (Å²) < 4.78 is 23.7. The van der Waals surface area contributed by atoms with Gasteiger partial charge in [-0.05, 0) is 23.5 Å². The Bertz CT molecular complexity index is 704. The van der Waals surface area contributed by atoms with Crippen molar-refractivity contribution in [2.24, 2.45) is 4.99 Å². The molecule has 0 amide bonds. The summed E-state index contributed by atoms with van der Waals surface area (Å²) in [7, 11) is 4.77. The molecular weight excluding hydrogens is 304 g/mol. The Morgan fingerprint density at radius 1 is 1.14 bits per heavy atom. The van der Waals surface area contributed by atoms with Crippen LogP contribution in [-0.2, 0) is 0 Å². The molecule has 0 aliphatic rings. The SMILES string of the molecule is CN=Cc1cc(F)ccc1Pc1cc(OC)cc(OC)c1O. The number of rotatable bonds is 5. The van der Waals surface area contributed by atoms with Gasteiger partial charge >= 0.3 is 0 Å². The average molecular weight is 321 g/mol. The highest BCUT2D eigenvalue weighted by molar-refractivity contribution is 7.56. The molecule has 0 aliphatic heterocycles. The Morgan fingerprint density at radius 3 is 2.55 bits per heavy atom. The monoisotopic (exact) mass is 321 g/mol. The smallest absolute Gasteiger partial charge is 0.165 e. The number of hydrogen-bond acceptors (Lipinski definition) is 4. The first-order valence-electron chi connectivity index (χ1n) is 6.52. The van der Waals surface area contributed by atoms with Crippen molar-refractivity contribution in [1.82, 2.24) is 0 Å². The minimum Gasteiger partial charge on any atom is -0.504 e. The lowest BCUT2D eigenvalue weighted by atomic mass is 10.2. The summed E-state index contributed by atoms with van der Waals surface area (Å²) >= 11 is 0. The molecule has 2 aromatic rings. The van der Waals surface area contributed by atoms with Crippen molar-refractivity contribution in [3.8, 4) is 17.2 Å². The van der Waals surface area contributed by atoms with Gasteiger partial charge in [-0.3, -0.25) is 4.99 Å². The van der Waals surface area contributed by atoms with Gasteiger partial charge < -0.3 is 14.6 Å². The number of halogens is 1. The molecular formula is C16H17FNO3P. The zero-order valence-electron chi connectivity index (χ0n) is 12.6. The maximum atomic E-state index is 13.4. The Morgan fingerprint density at radius 2 is 1.91 bits per heavy atom. The first kappa shape index (κ1) is 16.2. The van der Waals surface area contributed by atoms with Crippen LogP contribution < -0.4 is 20.1 Å². The van der Waals surface area contributed by atoms with Crippen LogP contribution in [0.5, 0.6) is 17.2 Å². The number of methoxy groups -OCH3 is 2. The Labute approximate surface area is 130 Å². The lowest BCUT2D eigenvalue weighted by Gasteiger charge is -2.13. The molecule has 0 heterocycles. The molecule has 4 nitrogen and oxygen atoms in total. The number of phenolic OH excluding ortho intramolecular Hbond substituents is 1. The molecule has 0 aromatic heterocycles. The van der Waals surface area contributed by atoms with E-state index in [0.29, 0.717) is 22.4 Å². The molecule has 0 spiro atoms. The van der Waals surface area contributed by atoms with E-state index in [1.165, 1.54) is 19.2 Å². The second kappa shape index (κ2) is 7.23. The van der Waals surface area contributed by atoms with E-state index in [-0.39, 0.29) is 20.1 Å². The van der Waals surface area contributed by atoms with E-state index in [9.17, 15) is 9.50 Å². The first-order valence-corrected chi connectivity index (χ1v) is 7.52. The van der Waals surface area contributed by atoms with Gasteiger partial charge in [0.05, 0.1) is 14.2 Å². The predicted octanol–water partition coefficient (Wildman–Crippen LogP) is 2.23. The zero-order chi connectivity index (χ0) is 16.1. The Balaban J connectivity index is 2.47. The first-order chi connectivity index (χ1) is 10.6. The van der Waals surface area contributed by atoms with E-state index < -0.39 is 0 Å². The standard InChI is InChI=1S/C16H17FNO3P/c1-18-9-10-6-11(17)4-5-14(10)22-15-8-12(20-2)7-13(21-3)16(15)19/h4-9,19,22H,1-3H3. The van der Waals surface area contributed by atoms with Crippen LogP contribution in [0.1, 0.15) is 5.56 Å². The van der Waals surface area contributed by atoms with Crippen LogP contribution in [0.15, 0.2) is 35.3 Å². The van der Waals surface area contributed by atoms with E-state index in [1.807, 2.05) is 0 Å². The summed E-state index contributed by atoms with van der Waals surface area (Å²) in [5.41, 5.74) is 0.682. The van der Waals surface area contributed by atoms with Crippen LogP contribution in [0.3, 0.4) is 0 Å².